The fraction of sp³-hybridized carbons (Fsp3) is 1.00. The van der Waals surface area contributed by atoms with E-state index in [1.807, 2.05) is 0 Å². The van der Waals surface area contributed by atoms with E-state index < -0.39 is 8.32 Å². The van der Waals surface area contributed by atoms with Crippen molar-refractivity contribution in [2.24, 2.45) is 0 Å². The van der Waals surface area contributed by atoms with Crippen molar-refractivity contribution in [3.63, 3.8) is 0 Å². The van der Waals surface area contributed by atoms with Crippen molar-refractivity contribution in [2.45, 2.75) is 83.2 Å². The Bertz CT molecular complexity index is 220. The fourth-order valence-corrected chi connectivity index (χ4v) is 3.39. The Morgan fingerprint density at radius 3 is 2.25 bits per heavy atom. The number of aliphatic hydroxyl groups excluding tert-OH is 1. The minimum atomic E-state index is -1.66. The SMILES string of the molecule is CC(C)(C)[Si](C)(C)OC1CCCCC(O)C1. The monoisotopic (exact) mass is 244 g/mol. The molecule has 0 spiro atoms. The summed E-state index contributed by atoms with van der Waals surface area (Å²) in [5.74, 6) is 0. The van der Waals surface area contributed by atoms with Crippen molar-refractivity contribution in [3.05, 3.63) is 0 Å². The van der Waals surface area contributed by atoms with Crippen LogP contribution in [0.4, 0.5) is 0 Å². The Hall–Kier alpha value is 0.137. The zero-order valence-corrected chi connectivity index (χ0v) is 12.5. The lowest BCUT2D eigenvalue weighted by Crippen LogP contribution is -2.44. The van der Waals surface area contributed by atoms with Crippen molar-refractivity contribution in [3.8, 4) is 0 Å². The molecular formula is C13H28O2Si. The Kier molecular flexibility index (Phi) is 4.61. The highest BCUT2D eigenvalue weighted by Gasteiger charge is 2.39. The maximum atomic E-state index is 9.79. The molecule has 0 radical (unpaired) electrons. The van der Waals surface area contributed by atoms with Crippen LogP contribution >= 0.6 is 0 Å². The summed E-state index contributed by atoms with van der Waals surface area (Å²) in [6.07, 6.45) is 5.43. The van der Waals surface area contributed by atoms with Crippen LogP contribution in [0.5, 0.6) is 0 Å². The molecule has 0 amide bonds. The van der Waals surface area contributed by atoms with Crippen molar-refractivity contribution in [1.29, 1.82) is 0 Å². The van der Waals surface area contributed by atoms with E-state index >= 15 is 0 Å². The molecule has 1 N–H and O–H groups in total. The molecule has 0 heterocycles. The summed E-state index contributed by atoms with van der Waals surface area (Å²) < 4.78 is 6.37. The lowest BCUT2D eigenvalue weighted by atomic mass is 10.1. The molecule has 2 nitrogen and oxygen atoms in total. The average molecular weight is 244 g/mol. The molecule has 1 aliphatic carbocycles. The molecule has 96 valence electrons. The Morgan fingerprint density at radius 2 is 1.69 bits per heavy atom. The Morgan fingerprint density at radius 1 is 1.12 bits per heavy atom. The van der Waals surface area contributed by atoms with Gasteiger partial charge in [-0.15, -0.1) is 0 Å². The van der Waals surface area contributed by atoms with Crippen molar-refractivity contribution < 1.29 is 9.53 Å². The smallest absolute Gasteiger partial charge is 0.192 e. The van der Waals surface area contributed by atoms with Gasteiger partial charge in [-0.05, 0) is 37.4 Å². The first-order chi connectivity index (χ1) is 7.22. The summed E-state index contributed by atoms with van der Waals surface area (Å²) in [6, 6.07) is 0. The molecule has 2 unspecified atom stereocenters. The van der Waals surface area contributed by atoms with Crippen LogP contribution in [0.25, 0.3) is 0 Å². The van der Waals surface area contributed by atoms with Gasteiger partial charge in [0.2, 0.25) is 0 Å². The third-order valence-electron chi connectivity index (χ3n) is 4.12. The normalized spacial score (nSPS) is 28.9. The lowest BCUT2D eigenvalue weighted by molar-refractivity contribution is 0.0902. The molecule has 1 aliphatic rings. The second kappa shape index (κ2) is 5.19. The molecule has 2 atom stereocenters. The summed E-state index contributed by atoms with van der Waals surface area (Å²) in [7, 11) is -1.66. The second-order valence-corrected chi connectivity index (χ2v) is 11.4. The van der Waals surface area contributed by atoms with Crippen LogP contribution in [-0.4, -0.2) is 25.6 Å². The van der Waals surface area contributed by atoms with Crippen LogP contribution < -0.4 is 0 Å². The zero-order chi connectivity index (χ0) is 12.4. The van der Waals surface area contributed by atoms with E-state index in [-0.39, 0.29) is 11.1 Å². The topological polar surface area (TPSA) is 29.5 Å². The third kappa shape index (κ3) is 3.86. The number of aliphatic hydroxyl groups is 1. The van der Waals surface area contributed by atoms with E-state index in [2.05, 4.69) is 33.9 Å². The van der Waals surface area contributed by atoms with Gasteiger partial charge in [-0.25, -0.2) is 0 Å². The highest BCUT2D eigenvalue weighted by molar-refractivity contribution is 6.74. The molecule has 1 fully saturated rings. The summed E-state index contributed by atoms with van der Waals surface area (Å²) in [5.41, 5.74) is 0. The van der Waals surface area contributed by atoms with Gasteiger partial charge < -0.3 is 9.53 Å². The summed E-state index contributed by atoms with van der Waals surface area (Å²) in [4.78, 5) is 0. The molecule has 0 aromatic rings. The molecule has 1 saturated carbocycles. The highest BCUT2D eigenvalue weighted by Crippen LogP contribution is 2.38. The first-order valence-electron chi connectivity index (χ1n) is 6.58. The van der Waals surface area contributed by atoms with Crippen LogP contribution in [0.2, 0.25) is 18.1 Å². The quantitative estimate of drug-likeness (QED) is 0.593. The number of hydrogen-bond acceptors (Lipinski definition) is 2. The second-order valence-electron chi connectivity index (χ2n) is 6.67. The molecule has 16 heavy (non-hydrogen) atoms. The van der Waals surface area contributed by atoms with Gasteiger partial charge in [-0.3, -0.25) is 0 Å². The van der Waals surface area contributed by atoms with Crippen molar-refractivity contribution in [1.82, 2.24) is 0 Å². The zero-order valence-electron chi connectivity index (χ0n) is 11.5. The Balaban J connectivity index is 2.58. The van der Waals surface area contributed by atoms with Crippen molar-refractivity contribution in [2.75, 3.05) is 0 Å². The van der Waals surface area contributed by atoms with Gasteiger partial charge in [-0.2, -0.15) is 0 Å². The maximum Gasteiger partial charge on any atom is 0.192 e. The van der Waals surface area contributed by atoms with Crippen LogP contribution in [0.1, 0.15) is 52.9 Å². The minimum Gasteiger partial charge on any atom is -0.414 e. The van der Waals surface area contributed by atoms with Crippen LogP contribution in [0.15, 0.2) is 0 Å². The van der Waals surface area contributed by atoms with E-state index in [0.717, 1.165) is 25.7 Å². The van der Waals surface area contributed by atoms with E-state index in [1.54, 1.807) is 0 Å². The summed E-state index contributed by atoms with van der Waals surface area (Å²) in [5, 5.41) is 10.1. The average Bonchev–Trinajstić information content (AvgIpc) is 2.27. The first-order valence-corrected chi connectivity index (χ1v) is 9.49. The van der Waals surface area contributed by atoms with Gasteiger partial charge >= 0.3 is 0 Å². The molecule has 0 bridgehead atoms. The van der Waals surface area contributed by atoms with Gasteiger partial charge in [0.05, 0.1) is 6.10 Å². The Labute approximate surface area is 102 Å². The molecule has 0 aliphatic heterocycles. The van der Waals surface area contributed by atoms with E-state index in [0.29, 0.717) is 6.10 Å². The van der Waals surface area contributed by atoms with Crippen LogP contribution in [0.3, 0.4) is 0 Å². The molecule has 1 rings (SSSR count). The van der Waals surface area contributed by atoms with Gasteiger partial charge in [0.1, 0.15) is 0 Å². The van der Waals surface area contributed by atoms with Gasteiger partial charge in [-0.1, -0.05) is 33.6 Å². The predicted molar refractivity (Wildman–Crippen MR) is 71.2 cm³/mol. The fourth-order valence-electron chi connectivity index (χ4n) is 1.99. The molecule has 0 aromatic heterocycles. The van der Waals surface area contributed by atoms with E-state index in [1.165, 1.54) is 6.42 Å². The van der Waals surface area contributed by atoms with E-state index in [9.17, 15) is 5.11 Å². The predicted octanol–water partition coefficient (Wildman–Crippen LogP) is 3.70. The third-order valence-corrected chi connectivity index (χ3v) is 8.65. The lowest BCUT2D eigenvalue weighted by Gasteiger charge is -2.39. The maximum absolute atomic E-state index is 9.79. The highest BCUT2D eigenvalue weighted by atomic mass is 28.4. The minimum absolute atomic E-state index is 0.141. The van der Waals surface area contributed by atoms with E-state index in [4.69, 9.17) is 4.43 Å². The summed E-state index contributed by atoms with van der Waals surface area (Å²) in [6.45, 7) is 11.4. The summed E-state index contributed by atoms with van der Waals surface area (Å²) >= 11 is 0. The first kappa shape index (κ1) is 14.2. The molecule has 3 heteroatoms. The standard InChI is InChI=1S/C13H28O2Si/c1-13(2,3)16(4,5)15-12-9-7-6-8-11(14)10-12/h11-12,14H,6-10H2,1-5H3. The van der Waals surface area contributed by atoms with Gasteiger partial charge in [0.25, 0.3) is 0 Å². The molecular weight excluding hydrogens is 216 g/mol. The van der Waals surface area contributed by atoms with Crippen molar-refractivity contribution >= 4 is 8.32 Å². The van der Waals surface area contributed by atoms with Gasteiger partial charge in [0.15, 0.2) is 8.32 Å². The number of rotatable bonds is 2. The van der Waals surface area contributed by atoms with Crippen LogP contribution in [0, 0.1) is 0 Å². The molecule has 0 aromatic carbocycles. The van der Waals surface area contributed by atoms with Crippen LogP contribution in [-0.2, 0) is 4.43 Å². The molecule has 0 saturated heterocycles. The largest absolute Gasteiger partial charge is 0.414 e. The number of hydrogen-bond donors (Lipinski definition) is 1. The van der Waals surface area contributed by atoms with Gasteiger partial charge in [0, 0.05) is 6.10 Å².